The molecule has 0 saturated carbocycles. The van der Waals surface area contributed by atoms with Crippen LogP contribution in [0.15, 0.2) is 36.1 Å². The lowest BCUT2D eigenvalue weighted by atomic mass is 9.72. The van der Waals surface area contributed by atoms with Gasteiger partial charge >= 0.3 is 0 Å². The van der Waals surface area contributed by atoms with E-state index in [0.717, 1.165) is 35.1 Å². The molecule has 0 aromatic heterocycles. The van der Waals surface area contributed by atoms with Crippen LogP contribution >= 0.6 is 23.2 Å². The third-order valence-corrected chi connectivity index (χ3v) is 7.87. The molecular formula is C26H26Cl2O3. The number of rotatable bonds is 4. The van der Waals surface area contributed by atoms with Crippen molar-refractivity contribution in [3.63, 3.8) is 0 Å². The molecule has 1 N–H and O–H groups in total. The van der Waals surface area contributed by atoms with Gasteiger partial charge in [-0.1, -0.05) is 54.7 Å². The van der Waals surface area contributed by atoms with Gasteiger partial charge in [0.05, 0.1) is 29.6 Å². The highest BCUT2D eigenvalue weighted by Gasteiger charge is 2.62. The number of hydrogen-bond donors (Lipinski definition) is 1. The molecule has 3 unspecified atom stereocenters. The first-order chi connectivity index (χ1) is 14.8. The van der Waals surface area contributed by atoms with E-state index in [0.29, 0.717) is 22.0 Å². The number of carbonyl (C=O) groups is 1. The van der Waals surface area contributed by atoms with Crippen molar-refractivity contribution in [2.75, 3.05) is 0 Å². The number of hydrogen-bond acceptors (Lipinski definition) is 3. The molecule has 162 valence electrons. The van der Waals surface area contributed by atoms with Gasteiger partial charge in [0.1, 0.15) is 5.76 Å². The van der Waals surface area contributed by atoms with Gasteiger partial charge in [-0.15, -0.1) is 0 Å². The molecule has 3 nitrogen and oxygen atoms in total. The molecule has 2 fully saturated rings. The van der Waals surface area contributed by atoms with E-state index in [1.54, 1.807) is 12.1 Å². The summed E-state index contributed by atoms with van der Waals surface area (Å²) in [7, 11) is 0. The van der Waals surface area contributed by atoms with E-state index < -0.39 is 0 Å². The Hall–Kier alpha value is -1.81. The van der Waals surface area contributed by atoms with Crippen LogP contribution in [0.4, 0.5) is 0 Å². The number of Topliss-reactive ketones (excluding diaryl/α,β-unsaturated/α-hetero) is 1. The number of fused-ring (bicyclic) bond motifs is 5. The minimum atomic E-state index is -0.322. The maximum Gasteiger partial charge on any atom is 0.173 e. The Labute approximate surface area is 193 Å². The number of benzene rings is 2. The summed E-state index contributed by atoms with van der Waals surface area (Å²) in [6.45, 7) is 6.27. The highest BCUT2D eigenvalue weighted by Crippen LogP contribution is 2.59. The molecule has 5 rings (SSSR count). The van der Waals surface area contributed by atoms with Crippen molar-refractivity contribution in [1.29, 1.82) is 0 Å². The molecule has 5 heteroatoms. The van der Waals surface area contributed by atoms with Crippen molar-refractivity contribution in [3.05, 3.63) is 74.0 Å². The Morgan fingerprint density at radius 1 is 1.06 bits per heavy atom. The largest absolute Gasteiger partial charge is 0.511 e. The maximum atomic E-state index is 13.6. The zero-order chi connectivity index (χ0) is 22.0. The van der Waals surface area contributed by atoms with Crippen LogP contribution in [-0.4, -0.2) is 23.1 Å². The number of carbonyl (C=O) groups excluding carboxylic acids is 1. The number of aliphatic hydroxyl groups is 1. The number of ether oxygens (including phenoxy) is 1. The van der Waals surface area contributed by atoms with E-state index in [2.05, 4.69) is 32.9 Å². The molecule has 0 radical (unpaired) electrons. The molecule has 2 bridgehead atoms. The van der Waals surface area contributed by atoms with Gasteiger partial charge in [-0.05, 0) is 66.6 Å². The predicted molar refractivity (Wildman–Crippen MR) is 124 cm³/mol. The standard InChI is InChI=1S/C26H26Cl2O3/c1-4-13-8-12(3)9-14(5-2)20(13)22-24(29)21-19-11-17(26(31-19)23(21)25(22)30)16-10-15(27)6-7-18(16)28/h6-10,17,19,21,23,26,30H,4-5,11H2,1-3H3/t17?,19?,21-,23+,26?/m0/s1. The summed E-state index contributed by atoms with van der Waals surface area (Å²) in [5.41, 5.74) is 5.81. The number of allylic oxidation sites excluding steroid dienone is 1. The van der Waals surface area contributed by atoms with Crippen LogP contribution in [0.3, 0.4) is 0 Å². The fraction of sp³-hybridized carbons (Fsp3) is 0.423. The van der Waals surface area contributed by atoms with Crippen molar-refractivity contribution < 1.29 is 14.6 Å². The van der Waals surface area contributed by atoms with Gasteiger partial charge in [-0.2, -0.15) is 0 Å². The summed E-state index contributed by atoms with van der Waals surface area (Å²) in [6.07, 6.45) is 1.87. The minimum absolute atomic E-state index is 0.0149. The Kier molecular flexibility index (Phi) is 5.20. The number of halogens is 2. The first-order valence-corrected chi connectivity index (χ1v) is 11.8. The molecule has 0 amide bonds. The van der Waals surface area contributed by atoms with Crippen molar-refractivity contribution >= 4 is 34.6 Å². The molecule has 5 atom stereocenters. The van der Waals surface area contributed by atoms with Crippen molar-refractivity contribution in [2.45, 2.75) is 58.2 Å². The molecule has 2 aliphatic heterocycles. The topological polar surface area (TPSA) is 46.5 Å². The Morgan fingerprint density at radius 3 is 2.39 bits per heavy atom. The van der Waals surface area contributed by atoms with Crippen molar-refractivity contribution in [1.82, 2.24) is 0 Å². The lowest BCUT2D eigenvalue weighted by Gasteiger charge is -2.28. The third-order valence-electron chi connectivity index (χ3n) is 7.29. The lowest BCUT2D eigenvalue weighted by molar-refractivity contribution is -0.118. The van der Waals surface area contributed by atoms with Crippen molar-refractivity contribution in [3.8, 4) is 0 Å². The quantitative estimate of drug-likeness (QED) is 0.573. The minimum Gasteiger partial charge on any atom is -0.511 e. The lowest BCUT2D eigenvalue weighted by Crippen LogP contribution is -2.33. The first-order valence-electron chi connectivity index (χ1n) is 11.1. The molecule has 0 spiro atoms. The fourth-order valence-corrected chi connectivity index (χ4v) is 6.47. The normalized spacial score (nSPS) is 29.2. The van der Waals surface area contributed by atoms with E-state index >= 15 is 0 Å². The Balaban J connectivity index is 1.61. The van der Waals surface area contributed by atoms with Crippen LogP contribution in [0.5, 0.6) is 0 Å². The van der Waals surface area contributed by atoms with Gasteiger partial charge in [-0.3, -0.25) is 4.79 Å². The van der Waals surface area contributed by atoms with Gasteiger partial charge in [0, 0.05) is 16.0 Å². The number of aliphatic hydroxyl groups excluding tert-OH is 1. The molecule has 2 saturated heterocycles. The molecular weight excluding hydrogens is 431 g/mol. The summed E-state index contributed by atoms with van der Waals surface area (Å²) in [5, 5.41) is 12.7. The Bertz CT molecular complexity index is 1090. The summed E-state index contributed by atoms with van der Waals surface area (Å²) in [4.78, 5) is 13.6. The first kappa shape index (κ1) is 21.1. The van der Waals surface area contributed by atoms with E-state index in [4.69, 9.17) is 27.9 Å². The van der Waals surface area contributed by atoms with Crippen LogP contribution < -0.4 is 0 Å². The van der Waals surface area contributed by atoms with Gasteiger partial charge in [0.2, 0.25) is 0 Å². The van der Waals surface area contributed by atoms with Crippen LogP contribution in [0, 0.1) is 18.8 Å². The zero-order valence-electron chi connectivity index (χ0n) is 17.9. The van der Waals surface area contributed by atoms with Crippen LogP contribution in [0.1, 0.15) is 54.0 Å². The maximum absolute atomic E-state index is 13.6. The molecule has 2 aromatic carbocycles. The monoisotopic (exact) mass is 456 g/mol. The zero-order valence-corrected chi connectivity index (χ0v) is 19.4. The van der Waals surface area contributed by atoms with Gasteiger partial charge in [0.25, 0.3) is 0 Å². The second-order valence-electron chi connectivity index (χ2n) is 8.99. The molecule has 2 heterocycles. The molecule has 31 heavy (non-hydrogen) atoms. The Morgan fingerprint density at radius 2 is 1.74 bits per heavy atom. The molecule has 1 aliphatic carbocycles. The van der Waals surface area contributed by atoms with Gasteiger partial charge in [-0.25, -0.2) is 0 Å². The third kappa shape index (κ3) is 3.08. The summed E-state index contributed by atoms with van der Waals surface area (Å²) in [6, 6.07) is 9.73. The van der Waals surface area contributed by atoms with Crippen LogP contribution in [0.25, 0.3) is 5.57 Å². The highest BCUT2D eigenvalue weighted by molar-refractivity contribution is 6.33. The smallest absolute Gasteiger partial charge is 0.173 e. The van der Waals surface area contributed by atoms with E-state index in [-0.39, 0.29) is 41.5 Å². The van der Waals surface area contributed by atoms with Gasteiger partial charge in [0.15, 0.2) is 5.78 Å². The SMILES string of the molecule is CCc1cc(C)cc(CC)c1C1=C(O)[C@@H]2C3OC(CC3c3cc(Cl)ccc3Cl)[C@@H]2C1=O. The number of ketones is 1. The van der Waals surface area contributed by atoms with E-state index in [1.807, 2.05) is 6.07 Å². The fourth-order valence-electron chi connectivity index (χ4n) is 6.03. The van der Waals surface area contributed by atoms with E-state index in [9.17, 15) is 9.90 Å². The average Bonchev–Trinajstić information content (AvgIpc) is 3.41. The highest BCUT2D eigenvalue weighted by atomic mass is 35.5. The summed E-state index contributed by atoms with van der Waals surface area (Å²) >= 11 is 12.7. The number of aryl methyl sites for hydroxylation is 3. The second kappa shape index (κ2) is 7.65. The molecule has 3 aliphatic rings. The van der Waals surface area contributed by atoms with E-state index in [1.165, 1.54) is 5.56 Å². The average molecular weight is 457 g/mol. The van der Waals surface area contributed by atoms with Gasteiger partial charge < -0.3 is 9.84 Å². The predicted octanol–water partition coefficient (Wildman–Crippen LogP) is 6.47. The summed E-state index contributed by atoms with van der Waals surface area (Å²) < 4.78 is 6.24. The van der Waals surface area contributed by atoms with Crippen LogP contribution in [0.2, 0.25) is 10.0 Å². The second-order valence-corrected chi connectivity index (χ2v) is 9.83. The van der Waals surface area contributed by atoms with Crippen molar-refractivity contribution in [2.24, 2.45) is 11.8 Å². The van der Waals surface area contributed by atoms with Crippen LogP contribution in [-0.2, 0) is 22.4 Å². The summed E-state index contributed by atoms with van der Waals surface area (Å²) in [5.74, 6) is -0.402. The molecule has 2 aromatic rings.